The molecule has 0 saturated carbocycles. The van der Waals surface area contributed by atoms with E-state index >= 15 is 0 Å². The summed E-state index contributed by atoms with van der Waals surface area (Å²) in [6.45, 7) is 2.02. The number of aryl methyl sites for hydroxylation is 3. The van der Waals surface area contributed by atoms with Crippen molar-refractivity contribution >= 4 is 33.3 Å². The summed E-state index contributed by atoms with van der Waals surface area (Å²) in [5.74, 6) is 0. The maximum Gasteiger partial charge on any atom is 0.323 e. The van der Waals surface area contributed by atoms with E-state index in [4.69, 9.17) is 0 Å². The fraction of sp³-hybridized carbons (Fsp3) is 0.350. The first-order chi connectivity index (χ1) is 11.6. The number of rotatable bonds is 2. The van der Waals surface area contributed by atoms with Crippen LogP contribution in [-0.4, -0.2) is 6.03 Å². The van der Waals surface area contributed by atoms with Crippen molar-refractivity contribution in [2.24, 2.45) is 0 Å². The zero-order chi connectivity index (χ0) is 16.7. The molecule has 2 aliphatic rings. The van der Waals surface area contributed by atoms with Crippen LogP contribution in [0, 0.1) is 6.92 Å². The van der Waals surface area contributed by atoms with Crippen molar-refractivity contribution in [2.75, 3.05) is 10.6 Å². The highest BCUT2D eigenvalue weighted by Crippen LogP contribution is 2.38. The Morgan fingerprint density at radius 2 is 1.67 bits per heavy atom. The largest absolute Gasteiger partial charge is 0.323 e. The maximum atomic E-state index is 12.6. The molecule has 2 N–H and O–H groups in total. The molecule has 0 bridgehead atoms. The highest BCUT2D eigenvalue weighted by Gasteiger charge is 2.25. The number of urea groups is 1. The number of amides is 2. The van der Waals surface area contributed by atoms with Crippen LogP contribution in [0.25, 0.3) is 0 Å². The van der Waals surface area contributed by atoms with Crippen molar-refractivity contribution in [1.82, 2.24) is 0 Å². The molecule has 0 spiro atoms. The number of fused-ring (bicyclic) bond motifs is 2. The number of halogens is 1. The summed E-state index contributed by atoms with van der Waals surface area (Å²) in [7, 11) is 0. The second kappa shape index (κ2) is 6.25. The SMILES string of the molecule is Cc1cccc(NC(=O)Nc2c3c(cc4c2CCC4)CCC3)c1Br. The Labute approximate surface area is 151 Å². The summed E-state index contributed by atoms with van der Waals surface area (Å²) in [6.07, 6.45) is 6.82. The van der Waals surface area contributed by atoms with Crippen molar-refractivity contribution < 1.29 is 4.79 Å². The molecule has 2 aliphatic carbocycles. The molecule has 124 valence electrons. The molecular weight excluding hydrogens is 364 g/mol. The fourth-order valence-electron chi connectivity index (χ4n) is 3.98. The van der Waals surface area contributed by atoms with Crippen molar-refractivity contribution in [1.29, 1.82) is 0 Å². The third-order valence-electron chi connectivity index (χ3n) is 5.15. The van der Waals surface area contributed by atoms with E-state index in [1.165, 1.54) is 35.1 Å². The summed E-state index contributed by atoms with van der Waals surface area (Å²) in [6, 6.07) is 8.11. The molecule has 0 aliphatic heterocycles. The second-order valence-corrected chi connectivity index (χ2v) is 7.54. The van der Waals surface area contributed by atoms with E-state index in [1.54, 1.807) is 0 Å². The van der Waals surface area contributed by atoms with Crippen molar-refractivity contribution in [3.63, 3.8) is 0 Å². The molecule has 2 amide bonds. The summed E-state index contributed by atoms with van der Waals surface area (Å²) >= 11 is 3.55. The molecule has 0 atom stereocenters. The minimum atomic E-state index is -0.157. The topological polar surface area (TPSA) is 41.1 Å². The first-order valence-corrected chi connectivity index (χ1v) is 9.42. The fourth-order valence-corrected chi connectivity index (χ4v) is 4.34. The Morgan fingerprint density at radius 1 is 1.00 bits per heavy atom. The van der Waals surface area contributed by atoms with Crippen LogP contribution in [0.1, 0.15) is 40.7 Å². The van der Waals surface area contributed by atoms with Gasteiger partial charge in [-0.2, -0.15) is 0 Å². The number of hydrogen-bond acceptors (Lipinski definition) is 1. The Kier molecular flexibility index (Phi) is 4.09. The van der Waals surface area contributed by atoms with E-state index in [2.05, 4.69) is 32.6 Å². The van der Waals surface area contributed by atoms with Gasteiger partial charge in [0.05, 0.1) is 5.69 Å². The van der Waals surface area contributed by atoms with Crippen LogP contribution < -0.4 is 10.6 Å². The lowest BCUT2D eigenvalue weighted by Gasteiger charge is -2.17. The van der Waals surface area contributed by atoms with Gasteiger partial charge in [-0.25, -0.2) is 4.79 Å². The monoisotopic (exact) mass is 384 g/mol. The van der Waals surface area contributed by atoms with Crippen molar-refractivity contribution in [2.45, 2.75) is 45.4 Å². The minimum absolute atomic E-state index is 0.157. The molecule has 24 heavy (non-hydrogen) atoms. The number of benzene rings is 2. The molecular formula is C20H21BrN2O. The summed E-state index contributed by atoms with van der Waals surface area (Å²) in [5.41, 5.74) is 8.57. The Bertz CT molecular complexity index is 797. The maximum absolute atomic E-state index is 12.6. The van der Waals surface area contributed by atoms with Gasteiger partial charge in [-0.1, -0.05) is 18.2 Å². The molecule has 4 rings (SSSR count). The molecule has 0 unspecified atom stereocenters. The van der Waals surface area contributed by atoms with Gasteiger partial charge in [0.1, 0.15) is 0 Å². The lowest BCUT2D eigenvalue weighted by atomic mass is 9.99. The van der Waals surface area contributed by atoms with Gasteiger partial charge in [-0.05, 0) is 95.3 Å². The predicted octanol–water partition coefficient (Wildman–Crippen LogP) is 5.38. The van der Waals surface area contributed by atoms with E-state index in [0.29, 0.717) is 0 Å². The van der Waals surface area contributed by atoms with Crippen LogP contribution in [0.3, 0.4) is 0 Å². The highest BCUT2D eigenvalue weighted by molar-refractivity contribution is 9.10. The van der Waals surface area contributed by atoms with Gasteiger partial charge in [0.25, 0.3) is 0 Å². The summed E-state index contributed by atoms with van der Waals surface area (Å²) in [5, 5.41) is 6.15. The van der Waals surface area contributed by atoms with Crippen LogP contribution in [0.15, 0.2) is 28.7 Å². The first-order valence-electron chi connectivity index (χ1n) is 8.63. The van der Waals surface area contributed by atoms with Crippen LogP contribution in [0.4, 0.5) is 16.2 Å². The number of carbonyl (C=O) groups excluding carboxylic acids is 1. The molecule has 4 heteroatoms. The molecule has 3 nitrogen and oxygen atoms in total. The first kappa shape index (κ1) is 15.7. The summed E-state index contributed by atoms with van der Waals surface area (Å²) in [4.78, 5) is 12.6. The van der Waals surface area contributed by atoms with Crippen LogP contribution in [0.2, 0.25) is 0 Å². The van der Waals surface area contributed by atoms with Crippen LogP contribution >= 0.6 is 15.9 Å². The number of anilines is 2. The van der Waals surface area contributed by atoms with Gasteiger partial charge in [0, 0.05) is 10.2 Å². The van der Waals surface area contributed by atoms with E-state index in [9.17, 15) is 4.79 Å². The van der Waals surface area contributed by atoms with E-state index in [-0.39, 0.29) is 6.03 Å². The zero-order valence-corrected chi connectivity index (χ0v) is 15.4. The lowest BCUT2D eigenvalue weighted by Crippen LogP contribution is -2.21. The van der Waals surface area contributed by atoms with Gasteiger partial charge < -0.3 is 10.6 Å². The second-order valence-electron chi connectivity index (χ2n) is 6.75. The minimum Gasteiger partial charge on any atom is -0.307 e. The van der Waals surface area contributed by atoms with Gasteiger partial charge in [0.2, 0.25) is 0 Å². The lowest BCUT2D eigenvalue weighted by molar-refractivity contribution is 0.262. The van der Waals surface area contributed by atoms with Crippen molar-refractivity contribution in [3.8, 4) is 0 Å². The Hall–Kier alpha value is -1.81. The Balaban J connectivity index is 1.62. The van der Waals surface area contributed by atoms with Crippen molar-refractivity contribution in [3.05, 3.63) is 56.6 Å². The quantitative estimate of drug-likeness (QED) is 0.716. The predicted molar refractivity (Wildman–Crippen MR) is 102 cm³/mol. The zero-order valence-electron chi connectivity index (χ0n) is 13.8. The summed E-state index contributed by atoms with van der Waals surface area (Å²) < 4.78 is 0.934. The molecule has 0 saturated heterocycles. The standard InChI is InChI=1S/C20H21BrN2O/c1-12-5-2-10-17(18(12)21)22-20(24)23-19-15-8-3-6-13(15)11-14-7-4-9-16(14)19/h2,5,10-11H,3-4,6-9H2,1H3,(H2,22,23,24). The average molecular weight is 385 g/mol. The van der Waals surface area contributed by atoms with E-state index in [0.717, 1.165) is 47.1 Å². The molecule has 0 heterocycles. The third-order valence-corrected chi connectivity index (χ3v) is 6.20. The van der Waals surface area contributed by atoms with E-state index in [1.807, 2.05) is 25.1 Å². The van der Waals surface area contributed by atoms with Crippen LogP contribution in [-0.2, 0) is 25.7 Å². The average Bonchev–Trinajstić information content (AvgIpc) is 3.20. The normalized spacial score (nSPS) is 15.1. The van der Waals surface area contributed by atoms with E-state index < -0.39 is 0 Å². The van der Waals surface area contributed by atoms with Gasteiger partial charge >= 0.3 is 6.03 Å². The molecule has 2 aromatic rings. The molecule has 2 aromatic carbocycles. The Morgan fingerprint density at radius 3 is 2.33 bits per heavy atom. The molecule has 0 fully saturated rings. The third kappa shape index (κ3) is 2.73. The number of nitrogens with one attached hydrogen (secondary N) is 2. The van der Waals surface area contributed by atoms with Gasteiger partial charge in [-0.15, -0.1) is 0 Å². The number of hydrogen-bond donors (Lipinski definition) is 2. The number of carbonyl (C=O) groups is 1. The smallest absolute Gasteiger partial charge is 0.307 e. The molecule has 0 radical (unpaired) electrons. The van der Waals surface area contributed by atoms with Gasteiger partial charge in [0.15, 0.2) is 0 Å². The molecule has 0 aromatic heterocycles. The van der Waals surface area contributed by atoms with Crippen LogP contribution in [0.5, 0.6) is 0 Å². The van der Waals surface area contributed by atoms with Gasteiger partial charge in [-0.3, -0.25) is 0 Å². The highest BCUT2D eigenvalue weighted by atomic mass is 79.9.